The SMILES string of the molecule is C.C.C.C.C.C1CCOC1.C=CC(=O)OCC.CC(=O)O.CC(=O)O.CCOC(=O)/C=C/c1ccc(F)c(C#N)c1.N#Cc1cc(/C=C/C(=O)O)ccc1F.N#Cc1cc(Br)ccc1F.NCc1cccc(O)c1.Nc1n[nH]c2ccc(/C=C/C(=O)NCc3cccc(O)c3)cc12.Nc1n[nH]c2ccc(/C=C/C(=O)O)cc12.[Na+].[OH-].[Pd]. The van der Waals surface area contributed by atoms with Gasteiger partial charge in [0.25, 0.3) is 11.9 Å². The van der Waals surface area contributed by atoms with E-state index >= 15 is 0 Å². The maximum atomic E-state index is 13.0. The third-order valence-corrected chi connectivity index (χ3v) is 12.8. The first kappa shape index (κ1) is 119. The molecule has 0 bridgehead atoms. The number of H-pyrrole nitrogens is 2. The molecular weight excluding hydrogens is 1670 g/mol. The van der Waals surface area contributed by atoms with Gasteiger partial charge in [-0.05, 0) is 175 Å². The van der Waals surface area contributed by atoms with Crippen molar-refractivity contribution in [3.8, 4) is 29.7 Å². The maximum Gasteiger partial charge on any atom is 1.00 e. The van der Waals surface area contributed by atoms with Crippen LogP contribution in [0.25, 0.3) is 46.1 Å². The molecule has 28 nitrogen and oxygen atoms in total. The topological polar surface area (TPSA) is 517 Å². The molecule has 16 N–H and O–H groups in total. The van der Waals surface area contributed by atoms with Gasteiger partial charge in [0.15, 0.2) is 11.6 Å². The number of nitrogens with two attached hydrogens (primary N) is 3. The fourth-order valence-corrected chi connectivity index (χ4v) is 7.89. The van der Waals surface area contributed by atoms with Crippen molar-refractivity contribution in [3.63, 3.8) is 0 Å². The Morgan fingerprint density at radius 1 is 0.565 bits per heavy atom. The number of aromatic hydroxyl groups is 2. The minimum atomic E-state index is -1.09. The zero-order valence-electron chi connectivity index (χ0n) is 59.8. The van der Waals surface area contributed by atoms with Gasteiger partial charge < -0.3 is 72.8 Å². The average molecular weight is 1760 g/mol. The molecule has 115 heavy (non-hydrogen) atoms. The molecule has 0 unspecified atom stereocenters. The van der Waals surface area contributed by atoms with Crippen molar-refractivity contribution >= 4 is 115 Å². The number of hydrogen-bond acceptors (Lipinski definition) is 21. The standard InChI is InChI=1S/C17H16N4O2.C12H10FNO2.C10H6FNO2.C10H9N3O2.C7H3BrFN.C7H9NO.C5H8O2.C4H8O.2C2H4O2.5CH4.Na.H2O.Pd/c18-17-14-9-11(4-6-15(14)20-21-17)5-7-16(23)19-10-12-2-1-3-13(22)8-12;1-2-16-12(15)6-4-9-3-5-11(13)10(7-9)8-14;11-9-3-1-7(2-4-10(13)14)5-8(9)6-12;11-10-7-5-6(2-4-9(14)15)1-3-8(7)12-13-10;8-6-1-2-7(9)5(3-6)4-10;8-5-6-2-1-3-7(9)4-6;1-3-5(6)7-4-2;1-2-4-5-3-1;2*1-2(3)4;;;;;;;;/h1-9,22H,10H2,(H,19,23)(H3,18,20,21);3-7H,2H2,1H3;1-5H,(H,13,14);1-5H,(H,14,15)(H3,11,12,13);1-3H;1-4,9H,5,8H2;3H,1,4H2,2H3;1-4H2;2*1H3,(H,3,4);5*1H4;;1H2;/q;;;;;;;;;;;;;;;+1;;/p-1/b7-5+;6-4+;2*4-2+;;;;;;;;;;;;;;. The number of aromatic amines is 2. The molecule has 618 valence electrons. The number of anilines is 2. The third-order valence-electron chi connectivity index (χ3n) is 12.3. The number of nitriles is 3. The number of rotatable bonds is 14. The maximum absolute atomic E-state index is 13.0. The number of carbonyl (C=O) groups excluding carboxylic acids is 3. The Bertz CT molecular complexity index is 4660. The summed E-state index contributed by atoms with van der Waals surface area (Å²) >= 11 is 3.12. The number of esters is 2. The van der Waals surface area contributed by atoms with E-state index in [1.54, 1.807) is 98.8 Å². The molecule has 10 rings (SSSR count). The number of amides is 1. The number of hydrogen-bond donors (Lipinski definition) is 12. The molecule has 34 heteroatoms. The summed E-state index contributed by atoms with van der Waals surface area (Å²) in [4.78, 5) is 71.4. The van der Waals surface area contributed by atoms with Gasteiger partial charge in [0.1, 0.15) is 47.2 Å². The number of phenolic OH excluding ortho intramolecular Hbond substituents is 2. The minimum absolute atomic E-state index is 0. The monoisotopic (exact) mass is 1760 g/mol. The van der Waals surface area contributed by atoms with Gasteiger partial charge in [-0.15, -0.1) is 0 Å². The first-order valence-corrected chi connectivity index (χ1v) is 32.1. The fourth-order valence-electron chi connectivity index (χ4n) is 7.53. The van der Waals surface area contributed by atoms with Gasteiger partial charge in [-0.25, -0.2) is 32.3 Å². The van der Waals surface area contributed by atoms with Crippen molar-refractivity contribution in [2.45, 2.75) is 90.8 Å². The Hall–Kier alpha value is -12.0. The number of nitrogen functional groups attached to an aromatic ring is 2. The van der Waals surface area contributed by atoms with Gasteiger partial charge in [0.2, 0.25) is 5.91 Å². The van der Waals surface area contributed by atoms with Crippen LogP contribution in [0.4, 0.5) is 24.8 Å². The van der Waals surface area contributed by atoms with Crippen LogP contribution in [0.15, 0.2) is 181 Å². The van der Waals surface area contributed by atoms with E-state index in [9.17, 15) is 42.3 Å². The van der Waals surface area contributed by atoms with Crippen LogP contribution >= 0.6 is 15.9 Å². The van der Waals surface area contributed by atoms with Crippen molar-refractivity contribution in [3.05, 3.63) is 248 Å². The van der Waals surface area contributed by atoms with E-state index in [1.807, 2.05) is 30.3 Å². The summed E-state index contributed by atoms with van der Waals surface area (Å²) in [5.41, 5.74) is 22.8. The second-order valence-electron chi connectivity index (χ2n) is 20.6. The van der Waals surface area contributed by atoms with E-state index in [2.05, 4.69) is 57.7 Å². The second kappa shape index (κ2) is 68.7. The first-order valence-electron chi connectivity index (χ1n) is 31.3. The van der Waals surface area contributed by atoms with E-state index in [0.29, 0.717) is 53.5 Å². The summed E-state index contributed by atoms with van der Waals surface area (Å²) in [6.45, 7) is 12.4. The zero-order chi connectivity index (χ0) is 80.2. The van der Waals surface area contributed by atoms with Gasteiger partial charge in [-0.1, -0.05) is 108 Å². The molecule has 1 saturated heterocycles. The van der Waals surface area contributed by atoms with Crippen molar-refractivity contribution in [2.75, 3.05) is 37.9 Å². The van der Waals surface area contributed by atoms with Crippen LogP contribution in [0.2, 0.25) is 0 Å². The number of carbonyl (C=O) groups is 7. The quantitative estimate of drug-likeness (QED) is 0.0273. The number of nitrogens with zero attached hydrogens (tertiary/aromatic N) is 5. The molecule has 0 aliphatic carbocycles. The summed E-state index contributed by atoms with van der Waals surface area (Å²) in [5, 5.41) is 93.1. The fraction of sp³-hybridized carbons (Fsp3) is 0.210. The number of aliphatic carboxylic acids is 4. The Morgan fingerprint density at radius 3 is 1.26 bits per heavy atom. The minimum Gasteiger partial charge on any atom is -0.870 e. The summed E-state index contributed by atoms with van der Waals surface area (Å²) in [7, 11) is 0. The van der Waals surface area contributed by atoms with Gasteiger partial charge in [-0.3, -0.25) is 24.6 Å². The van der Waals surface area contributed by atoms with Crippen LogP contribution in [0.1, 0.15) is 128 Å². The molecule has 1 aliphatic rings. The van der Waals surface area contributed by atoms with E-state index in [0.717, 1.165) is 95.4 Å². The number of ether oxygens (including phenoxy) is 3. The van der Waals surface area contributed by atoms with Crippen molar-refractivity contribution in [1.29, 1.82) is 15.8 Å². The third kappa shape index (κ3) is 54.3. The van der Waals surface area contributed by atoms with Crippen LogP contribution in [0, 0.1) is 51.4 Å². The number of phenols is 2. The van der Waals surface area contributed by atoms with Crippen LogP contribution in [-0.2, 0) is 81.3 Å². The molecule has 7 aromatic carbocycles. The summed E-state index contributed by atoms with van der Waals surface area (Å²) in [5.74, 6) is -5.14. The van der Waals surface area contributed by atoms with Gasteiger partial charge in [0.05, 0.1) is 40.9 Å². The van der Waals surface area contributed by atoms with Crippen molar-refractivity contribution in [2.24, 2.45) is 5.73 Å². The first-order chi connectivity index (χ1) is 50.9. The molecule has 3 heterocycles. The number of fused-ring (bicyclic) bond motifs is 2. The molecule has 0 saturated carbocycles. The summed E-state index contributed by atoms with van der Waals surface area (Å²) < 4.78 is 53.1. The van der Waals surface area contributed by atoms with E-state index in [-0.39, 0.29) is 133 Å². The number of halogens is 4. The van der Waals surface area contributed by atoms with Crippen LogP contribution in [0.5, 0.6) is 11.5 Å². The molecule has 1 aliphatic heterocycles. The largest absolute Gasteiger partial charge is 1.00 e. The van der Waals surface area contributed by atoms with Crippen LogP contribution in [0.3, 0.4) is 0 Å². The molecule has 0 radical (unpaired) electrons. The van der Waals surface area contributed by atoms with Gasteiger partial charge in [0, 0.05) is 106 Å². The number of carboxylic acids is 4. The molecule has 0 spiro atoms. The van der Waals surface area contributed by atoms with E-state index < -0.39 is 47.3 Å². The van der Waals surface area contributed by atoms with Gasteiger partial charge >= 0.3 is 53.4 Å². The molecule has 1 fully saturated rings. The Kier molecular flexibility index (Phi) is 70.9. The van der Waals surface area contributed by atoms with Crippen molar-refractivity contribution in [1.82, 2.24) is 25.7 Å². The summed E-state index contributed by atoms with van der Waals surface area (Å²) in [6.07, 6.45) is 14.4. The molecular formula is C81H98BrF3N11NaO17Pd. The summed E-state index contributed by atoms with van der Waals surface area (Å²) in [6, 6.07) is 41.9. The molecule has 1 amide bonds. The molecule has 9 aromatic rings. The predicted molar refractivity (Wildman–Crippen MR) is 435 cm³/mol. The number of aromatic nitrogens is 4. The number of nitrogens with one attached hydrogen (secondary N) is 3. The molecule has 0 atom stereocenters. The predicted octanol–water partition coefficient (Wildman–Crippen LogP) is 12.5. The van der Waals surface area contributed by atoms with Crippen molar-refractivity contribution < 1.29 is 147 Å². The Balaban J connectivity index is -0.000000190. The van der Waals surface area contributed by atoms with E-state index in [1.165, 1.54) is 85.7 Å². The average Bonchev–Trinajstić information content (AvgIpc) is 1.70. The van der Waals surface area contributed by atoms with Gasteiger partial charge in [-0.2, -0.15) is 26.0 Å². The Labute approximate surface area is 711 Å². The van der Waals surface area contributed by atoms with Crippen LogP contribution < -0.4 is 52.1 Å². The second-order valence-corrected chi connectivity index (χ2v) is 21.5. The number of benzene rings is 7. The smallest absolute Gasteiger partial charge is 0.870 e. The normalized spacial score (nSPS) is 9.76. The van der Waals surface area contributed by atoms with E-state index in [4.69, 9.17) is 72.8 Å². The molecule has 2 aromatic heterocycles. The zero-order valence-corrected chi connectivity index (χ0v) is 65.0. The van der Waals surface area contributed by atoms with Crippen LogP contribution in [-0.4, -0.2) is 125 Å². The number of carboxylic acid groups (broad SMARTS) is 4. The Morgan fingerprint density at radius 2 is 0.922 bits per heavy atom.